The molecular weight excluding hydrogens is 326 g/mol. The first-order valence-corrected chi connectivity index (χ1v) is 8.74. The van der Waals surface area contributed by atoms with E-state index in [4.69, 9.17) is 5.26 Å². The van der Waals surface area contributed by atoms with Gasteiger partial charge in [0.25, 0.3) is 11.8 Å². The maximum absolute atomic E-state index is 12.3. The molecule has 1 unspecified atom stereocenters. The average molecular weight is 339 g/mol. The van der Waals surface area contributed by atoms with E-state index in [1.54, 1.807) is 54.7 Å². The summed E-state index contributed by atoms with van der Waals surface area (Å²) in [5.41, 5.74) is 1.51. The van der Waals surface area contributed by atoms with E-state index in [0.717, 1.165) is 0 Å². The van der Waals surface area contributed by atoms with Gasteiger partial charge in [0.05, 0.1) is 32.3 Å². The normalized spacial score (nSPS) is 15.5. The fourth-order valence-corrected chi connectivity index (χ4v) is 3.35. The molecule has 1 heterocycles. The number of fused-ring (bicyclic) bond motifs is 1. The molecule has 6 nitrogen and oxygen atoms in total. The number of nitrogens with one attached hydrogen (secondary N) is 1. The molecule has 0 spiro atoms. The van der Waals surface area contributed by atoms with Crippen molar-refractivity contribution in [1.82, 2.24) is 9.62 Å². The van der Waals surface area contributed by atoms with Crippen LogP contribution in [0.1, 0.15) is 26.3 Å². The summed E-state index contributed by atoms with van der Waals surface area (Å²) in [6, 6.07) is 13.1. The van der Waals surface area contributed by atoms with Crippen molar-refractivity contribution < 1.29 is 13.8 Å². The second-order valence-electron chi connectivity index (χ2n) is 5.28. The Labute approximate surface area is 139 Å². The lowest BCUT2D eigenvalue weighted by Gasteiger charge is -2.14. The first kappa shape index (κ1) is 15.8. The number of amides is 2. The highest BCUT2D eigenvalue weighted by molar-refractivity contribution is 7.98. The van der Waals surface area contributed by atoms with E-state index in [2.05, 4.69) is 10.6 Å². The van der Waals surface area contributed by atoms with Gasteiger partial charge in [0.1, 0.15) is 0 Å². The Morgan fingerprint density at radius 2 is 1.58 bits per heavy atom. The van der Waals surface area contributed by atoms with Crippen LogP contribution in [0.5, 0.6) is 0 Å². The van der Waals surface area contributed by atoms with Gasteiger partial charge < -0.3 is 0 Å². The summed E-state index contributed by atoms with van der Waals surface area (Å²) < 4.78 is 14.3. The Bertz CT molecular complexity index is 938. The van der Waals surface area contributed by atoms with Gasteiger partial charge in [-0.25, -0.2) is 8.93 Å². The van der Waals surface area contributed by atoms with Crippen molar-refractivity contribution >= 4 is 27.4 Å². The quantitative estimate of drug-likeness (QED) is 0.396. The summed E-state index contributed by atoms with van der Waals surface area (Å²) in [6.07, 6.45) is 1.62. The Morgan fingerprint density at radius 3 is 2.08 bits per heavy atom. The van der Waals surface area contributed by atoms with Gasteiger partial charge in [0.15, 0.2) is 6.19 Å². The molecule has 7 heteroatoms. The van der Waals surface area contributed by atoms with Crippen LogP contribution in [0, 0.1) is 11.5 Å². The fourth-order valence-electron chi connectivity index (χ4n) is 2.51. The van der Waals surface area contributed by atoms with Crippen molar-refractivity contribution in [1.29, 1.82) is 5.26 Å². The summed E-state index contributed by atoms with van der Waals surface area (Å²) >= 11 is 0. The van der Waals surface area contributed by atoms with E-state index in [1.165, 1.54) is 4.90 Å². The van der Waals surface area contributed by atoms with Crippen LogP contribution in [0.3, 0.4) is 0 Å². The number of rotatable bonds is 4. The number of carbonyl (C=O) groups is 2. The van der Waals surface area contributed by atoms with Crippen molar-refractivity contribution in [3.63, 3.8) is 0 Å². The van der Waals surface area contributed by atoms with E-state index in [-0.39, 0.29) is 18.4 Å². The van der Waals surface area contributed by atoms with Gasteiger partial charge in [-0.05, 0) is 35.7 Å². The second-order valence-corrected chi connectivity index (χ2v) is 7.30. The summed E-state index contributed by atoms with van der Waals surface area (Å²) in [7, 11) is -2.88. The predicted octanol–water partition coefficient (Wildman–Crippen LogP) is 1.54. The third kappa shape index (κ3) is 2.64. The van der Waals surface area contributed by atoms with Gasteiger partial charge in [-0.2, -0.15) is 5.26 Å². The molecule has 0 saturated heterocycles. The van der Waals surface area contributed by atoms with E-state index in [0.29, 0.717) is 21.6 Å². The number of nitrogens with zero attached hydrogens (tertiary/aromatic N) is 2. The highest BCUT2D eigenvalue weighted by Gasteiger charge is 2.34. The van der Waals surface area contributed by atoms with Crippen LogP contribution < -0.4 is 4.72 Å². The van der Waals surface area contributed by atoms with Crippen molar-refractivity contribution in [2.24, 2.45) is 0 Å². The lowest BCUT2D eigenvalue weighted by Crippen LogP contribution is -2.29. The molecule has 2 aromatic carbocycles. The molecule has 2 amide bonds. The molecule has 24 heavy (non-hydrogen) atoms. The third-order valence-corrected chi connectivity index (χ3v) is 5.19. The van der Waals surface area contributed by atoms with E-state index in [9.17, 15) is 13.8 Å². The maximum Gasteiger partial charge on any atom is 0.261 e. The van der Waals surface area contributed by atoms with Crippen molar-refractivity contribution in [2.75, 3.05) is 0 Å². The molecule has 0 aromatic heterocycles. The van der Waals surface area contributed by atoms with Gasteiger partial charge >= 0.3 is 0 Å². The maximum atomic E-state index is 12.3. The second kappa shape index (κ2) is 5.83. The lowest BCUT2D eigenvalue weighted by molar-refractivity contribution is 0.0642. The average Bonchev–Trinajstić information content (AvgIpc) is 2.81. The minimum absolute atomic E-state index is 0.122. The lowest BCUT2D eigenvalue weighted by atomic mass is 10.1. The molecule has 0 bridgehead atoms. The summed E-state index contributed by atoms with van der Waals surface area (Å²) in [5.74, 6) is 2.84. The highest BCUT2D eigenvalue weighted by atomic mass is 32.2. The zero-order valence-corrected chi connectivity index (χ0v) is 13.4. The SMILES string of the molecule is C=S(=O)(NC#N)c1ccc(CN2C(=O)c3ccccc3C2=O)cc1. The van der Waals surface area contributed by atoms with Gasteiger partial charge in [-0.1, -0.05) is 24.3 Å². The van der Waals surface area contributed by atoms with Gasteiger partial charge in [0, 0.05) is 0 Å². The summed E-state index contributed by atoms with van der Waals surface area (Å²) in [5, 5.41) is 8.59. The van der Waals surface area contributed by atoms with Crippen LogP contribution in [0.4, 0.5) is 0 Å². The molecule has 2 aromatic rings. The standard InChI is InChI=1S/C17H13N3O3S/c1-24(23,19-11-18)13-8-6-12(7-9-13)10-20-16(21)14-4-2-3-5-15(14)17(20)22/h2-9H,1,10H2,(H,19,23). The molecule has 1 N–H and O–H groups in total. The van der Waals surface area contributed by atoms with Crippen LogP contribution >= 0.6 is 0 Å². The molecule has 0 fully saturated rings. The number of benzene rings is 2. The monoisotopic (exact) mass is 339 g/mol. The number of hydrogen-bond donors (Lipinski definition) is 1. The van der Waals surface area contributed by atoms with Crippen LogP contribution in [0.15, 0.2) is 53.4 Å². The molecule has 3 rings (SSSR count). The van der Waals surface area contributed by atoms with Gasteiger partial charge in [-0.3, -0.25) is 14.5 Å². The summed E-state index contributed by atoms with van der Waals surface area (Å²) in [4.78, 5) is 26.2. The van der Waals surface area contributed by atoms with E-state index < -0.39 is 9.71 Å². The minimum atomic E-state index is -2.88. The predicted molar refractivity (Wildman–Crippen MR) is 89.4 cm³/mol. The molecule has 0 saturated carbocycles. The van der Waals surface area contributed by atoms with Gasteiger partial charge in [-0.15, -0.1) is 0 Å². The number of imide groups is 1. The topological polar surface area (TPSA) is 90.3 Å². The zero-order chi connectivity index (χ0) is 17.3. The first-order chi connectivity index (χ1) is 11.4. The number of nitriles is 1. The minimum Gasteiger partial charge on any atom is -0.270 e. The van der Waals surface area contributed by atoms with Crippen LogP contribution in [0.2, 0.25) is 0 Å². The number of carbonyl (C=O) groups excluding carboxylic acids is 2. The molecule has 120 valence electrons. The van der Waals surface area contributed by atoms with E-state index >= 15 is 0 Å². The molecule has 0 aliphatic carbocycles. The fraction of sp³-hybridized carbons (Fsp3) is 0.0588. The van der Waals surface area contributed by atoms with E-state index in [1.807, 2.05) is 0 Å². The van der Waals surface area contributed by atoms with Gasteiger partial charge in [0.2, 0.25) is 0 Å². The smallest absolute Gasteiger partial charge is 0.261 e. The van der Waals surface area contributed by atoms with Crippen molar-refractivity contribution in [3.05, 3.63) is 65.2 Å². The Balaban J connectivity index is 1.82. The highest BCUT2D eigenvalue weighted by Crippen LogP contribution is 2.24. The molecule has 0 radical (unpaired) electrons. The van der Waals surface area contributed by atoms with Crippen molar-refractivity contribution in [2.45, 2.75) is 11.4 Å². The third-order valence-electron chi connectivity index (χ3n) is 3.73. The molecular formula is C17H13N3O3S. The van der Waals surface area contributed by atoms with Crippen molar-refractivity contribution in [3.8, 4) is 6.19 Å². The largest absolute Gasteiger partial charge is 0.270 e. The Kier molecular flexibility index (Phi) is 3.83. The molecule has 1 atom stereocenters. The number of hydrogen-bond acceptors (Lipinski definition) is 4. The first-order valence-electron chi connectivity index (χ1n) is 7.01. The van der Waals surface area contributed by atoms with Crippen LogP contribution in [-0.4, -0.2) is 26.8 Å². The molecule has 1 aliphatic rings. The zero-order valence-electron chi connectivity index (χ0n) is 12.6. The summed E-state index contributed by atoms with van der Waals surface area (Å²) in [6.45, 7) is 0.122. The Morgan fingerprint density at radius 1 is 1.04 bits per heavy atom. The van der Waals surface area contributed by atoms with Crippen LogP contribution in [0.25, 0.3) is 0 Å². The Hall–Kier alpha value is -3.11. The molecule has 1 aliphatic heterocycles. The van der Waals surface area contributed by atoms with Crippen LogP contribution in [-0.2, 0) is 16.3 Å².